The summed E-state index contributed by atoms with van der Waals surface area (Å²) >= 11 is 0. The van der Waals surface area contributed by atoms with Crippen molar-refractivity contribution < 1.29 is 23.5 Å². The topological polar surface area (TPSA) is 66.4 Å². The Kier molecular flexibility index (Phi) is 4.76. The van der Waals surface area contributed by atoms with Gasteiger partial charge in [-0.05, 0) is 24.6 Å². The van der Waals surface area contributed by atoms with Gasteiger partial charge >= 0.3 is 5.97 Å². The maximum absolute atomic E-state index is 13.5. The number of halogens is 2. The highest BCUT2D eigenvalue weighted by Gasteiger charge is 2.18. The normalized spacial score (nSPS) is 11.9. The molecule has 0 heterocycles. The van der Waals surface area contributed by atoms with E-state index in [0.717, 1.165) is 18.2 Å². The summed E-state index contributed by atoms with van der Waals surface area (Å²) in [5.41, 5.74) is -0.0496. The quantitative estimate of drug-likeness (QED) is 0.847. The number of benzene rings is 1. The van der Waals surface area contributed by atoms with Gasteiger partial charge in [-0.1, -0.05) is 0 Å². The molecule has 0 bridgehead atoms. The Balaban J connectivity index is 2.96. The number of carbonyl (C=O) groups is 2. The van der Waals surface area contributed by atoms with E-state index in [2.05, 4.69) is 5.32 Å². The predicted molar refractivity (Wildman–Crippen MR) is 59.8 cm³/mol. The molecule has 0 aliphatic rings. The number of hydrogen-bond acceptors (Lipinski definition) is 2. The van der Waals surface area contributed by atoms with Crippen LogP contribution in [-0.2, 0) is 9.59 Å². The Labute approximate surface area is 103 Å². The molecule has 1 rings (SSSR count). The SMILES string of the molecule is CC(=O)NC(CCC(=O)O)c1cc(F)ccc1F. The van der Waals surface area contributed by atoms with Crippen LogP contribution in [0, 0.1) is 11.6 Å². The van der Waals surface area contributed by atoms with E-state index in [1.165, 1.54) is 6.92 Å². The highest BCUT2D eigenvalue weighted by atomic mass is 19.1. The first kappa shape index (κ1) is 14.1. The molecule has 6 heteroatoms. The zero-order chi connectivity index (χ0) is 13.7. The molecule has 1 unspecified atom stereocenters. The van der Waals surface area contributed by atoms with E-state index < -0.39 is 29.6 Å². The minimum atomic E-state index is -1.07. The first-order valence-electron chi connectivity index (χ1n) is 5.34. The first-order chi connectivity index (χ1) is 8.40. The minimum Gasteiger partial charge on any atom is -0.481 e. The molecule has 0 radical (unpaired) electrons. The maximum Gasteiger partial charge on any atom is 0.303 e. The van der Waals surface area contributed by atoms with Crippen LogP contribution in [0.3, 0.4) is 0 Å². The fraction of sp³-hybridized carbons (Fsp3) is 0.333. The number of rotatable bonds is 5. The van der Waals surface area contributed by atoms with Gasteiger partial charge in [-0.15, -0.1) is 0 Å². The molecule has 1 aromatic rings. The summed E-state index contributed by atoms with van der Waals surface area (Å²) in [7, 11) is 0. The zero-order valence-electron chi connectivity index (χ0n) is 9.74. The summed E-state index contributed by atoms with van der Waals surface area (Å²) in [4.78, 5) is 21.5. The van der Waals surface area contributed by atoms with Crippen LogP contribution in [0.2, 0.25) is 0 Å². The summed E-state index contributed by atoms with van der Waals surface area (Å²) in [6.07, 6.45) is -0.254. The molecule has 0 aliphatic heterocycles. The van der Waals surface area contributed by atoms with Crippen LogP contribution in [0.25, 0.3) is 0 Å². The molecular formula is C12H13F2NO3. The van der Waals surface area contributed by atoms with Gasteiger partial charge in [0.05, 0.1) is 6.04 Å². The Morgan fingerprint density at radius 2 is 2.06 bits per heavy atom. The van der Waals surface area contributed by atoms with Crippen molar-refractivity contribution in [2.75, 3.05) is 0 Å². The molecule has 2 N–H and O–H groups in total. The van der Waals surface area contributed by atoms with E-state index in [1.807, 2.05) is 0 Å². The van der Waals surface area contributed by atoms with Crippen molar-refractivity contribution in [2.24, 2.45) is 0 Å². The minimum absolute atomic E-state index is 0.00468. The molecule has 18 heavy (non-hydrogen) atoms. The predicted octanol–water partition coefficient (Wildman–Crippen LogP) is 2.01. The van der Waals surface area contributed by atoms with E-state index in [9.17, 15) is 18.4 Å². The number of nitrogens with one attached hydrogen (secondary N) is 1. The summed E-state index contributed by atoms with van der Waals surface area (Å²) in [5, 5.41) is 11.0. The average molecular weight is 257 g/mol. The number of amides is 1. The Morgan fingerprint density at radius 1 is 1.39 bits per heavy atom. The number of carboxylic acid groups (broad SMARTS) is 1. The van der Waals surface area contributed by atoms with Crippen molar-refractivity contribution in [1.29, 1.82) is 0 Å². The molecule has 1 amide bonds. The summed E-state index contributed by atoms with van der Waals surface area (Å²) in [6, 6.07) is 2.01. The smallest absolute Gasteiger partial charge is 0.303 e. The lowest BCUT2D eigenvalue weighted by Gasteiger charge is -2.18. The van der Waals surface area contributed by atoms with E-state index in [-0.39, 0.29) is 18.4 Å². The number of carbonyl (C=O) groups excluding carboxylic acids is 1. The molecule has 0 saturated carbocycles. The van der Waals surface area contributed by atoms with Crippen molar-refractivity contribution in [3.05, 3.63) is 35.4 Å². The molecule has 1 aromatic carbocycles. The third-order valence-electron chi connectivity index (χ3n) is 2.36. The second-order valence-electron chi connectivity index (χ2n) is 3.85. The lowest BCUT2D eigenvalue weighted by atomic mass is 10.0. The van der Waals surface area contributed by atoms with E-state index >= 15 is 0 Å². The first-order valence-corrected chi connectivity index (χ1v) is 5.34. The summed E-state index contributed by atoms with van der Waals surface area (Å²) < 4.78 is 26.6. The molecule has 0 aliphatic carbocycles. The van der Waals surface area contributed by atoms with Crippen molar-refractivity contribution in [3.8, 4) is 0 Å². The monoisotopic (exact) mass is 257 g/mol. The number of aliphatic carboxylic acids is 1. The van der Waals surface area contributed by atoms with Gasteiger partial charge < -0.3 is 10.4 Å². The highest BCUT2D eigenvalue weighted by molar-refractivity contribution is 5.73. The van der Waals surface area contributed by atoms with Gasteiger partial charge in [-0.2, -0.15) is 0 Å². The third-order valence-corrected chi connectivity index (χ3v) is 2.36. The van der Waals surface area contributed by atoms with Crippen molar-refractivity contribution >= 4 is 11.9 Å². The van der Waals surface area contributed by atoms with Crippen molar-refractivity contribution in [3.63, 3.8) is 0 Å². The fourth-order valence-corrected chi connectivity index (χ4v) is 1.60. The van der Waals surface area contributed by atoms with E-state index in [4.69, 9.17) is 5.11 Å². The second kappa shape index (κ2) is 6.09. The number of hydrogen-bond donors (Lipinski definition) is 2. The Morgan fingerprint density at radius 3 is 2.61 bits per heavy atom. The van der Waals surface area contributed by atoms with Crippen LogP contribution >= 0.6 is 0 Å². The van der Waals surface area contributed by atoms with Crippen LogP contribution < -0.4 is 5.32 Å². The van der Waals surface area contributed by atoms with Gasteiger partial charge in [-0.25, -0.2) is 8.78 Å². The van der Waals surface area contributed by atoms with Gasteiger partial charge in [0, 0.05) is 18.9 Å². The third kappa shape index (κ3) is 4.12. The zero-order valence-corrected chi connectivity index (χ0v) is 9.74. The van der Waals surface area contributed by atoms with Crippen LogP contribution in [-0.4, -0.2) is 17.0 Å². The molecule has 0 fully saturated rings. The standard InChI is InChI=1S/C12H13F2NO3/c1-7(16)15-11(4-5-12(17)18)9-6-8(13)2-3-10(9)14/h2-3,6,11H,4-5H2,1H3,(H,15,16)(H,17,18). The molecule has 0 spiro atoms. The largest absolute Gasteiger partial charge is 0.481 e. The second-order valence-corrected chi connectivity index (χ2v) is 3.85. The van der Waals surface area contributed by atoms with Crippen LogP contribution in [0.1, 0.15) is 31.4 Å². The fourth-order valence-electron chi connectivity index (χ4n) is 1.60. The van der Waals surface area contributed by atoms with Gasteiger partial charge in [0.1, 0.15) is 11.6 Å². The highest BCUT2D eigenvalue weighted by Crippen LogP contribution is 2.22. The Bertz CT molecular complexity index is 463. The lowest BCUT2D eigenvalue weighted by molar-refractivity contribution is -0.137. The van der Waals surface area contributed by atoms with Crippen molar-refractivity contribution in [2.45, 2.75) is 25.8 Å². The molecule has 0 saturated heterocycles. The average Bonchev–Trinajstić information content (AvgIpc) is 2.27. The lowest BCUT2D eigenvalue weighted by Crippen LogP contribution is -2.27. The molecule has 1 atom stereocenters. The van der Waals surface area contributed by atoms with E-state index in [1.54, 1.807) is 0 Å². The molecule has 98 valence electrons. The van der Waals surface area contributed by atoms with Crippen LogP contribution in [0.5, 0.6) is 0 Å². The summed E-state index contributed by atoms with van der Waals surface area (Å²) in [6.45, 7) is 1.23. The summed E-state index contributed by atoms with van der Waals surface area (Å²) in [5.74, 6) is -2.83. The van der Waals surface area contributed by atoms with Crippen molar-refractivity contribution in [1.82, 2.24) is 5.32 Å². The molecular weight excluding hydrogens is 244 g/mol. The van der Waals surface area contributed by atoms with Gasteiger partial charge in [0.2, 0.25) is 5.91 Å². The Hall–Kier alpha value is -1.98. The molecule has 0 aromatic heterocycles. The van der Waals surface area contributed by atoms with Gasteiger partial charge in [-0.3, -0.25) is 9.59 Å². The maximum atomic E-state index is 13.5. The van der Waals surface area contributed by atoms with Crippen LogP contribution in [0.15, 0.2) is 18.2 Å². The van der Waals surface area contributed by atoms with Gasteiger partial charge in [0.15, 0.2) is 0 Å². The van der Waals surface area contributed by atoms with Crippen LogP contribution in [0.4, 0.5) is 8.78 Å². The number of carboxylic acids is 1. The molecule has 4 nitrogen and oxygen atoms in total. The van der Waals surface area contributed by atoms with Gasteiger partial charge in [0.25, 0.3) is 0 Å². The van der Waals surface area contributed by atoms with E-state index in [0.29, 0.717) is 0 Å².